The Morgan fingerprint density at radius 3 is 2.85 bits per heavy atom. The lowest BCUT2D eigenvalue weighted by Crippen LogP contribution is -1.86. The number of nitrogens with two attached hydrogens (primary N) is 1. The van der Waals surface area contributed by atoms with Crippen LogP contribution in [0.5, 0.6) is 0 Å². The second-order valence-corrected chi connectivity index (χ2v) is 2.71. The van der Waals surface area contributed by atoms with E-state index in [2.05, 4.69) is 15.1 Å². The van der Waals surface area contributed by atoms with Crippen LogP contribution >= 0.6 is 0 Å². The third kappa shape index (κ3) is 1.48. The molecule has 0 aliphatic heterocycles. The molecule has 13 heavy (non-hydrogen) atoms. The summed E-state index contributed by atoms with van der Waals surface area (Å²) < 4.78 is 4.88. The number of nitrogens with zero attached hydrogens (tertiary/aromatic N) is 3. The zero-order valence-electron chi connectivity index (χ0n) is 7.06. The van der Waals surface area contributed by atoms with Crippen molar-refractivity contribution < 1.29 is 4.52 Å². The second kappa shape index (κ2) is 2.85. The van der Waals surface area contributed by atoms with Gasteiger partial charge in [0.05, 0.1) is 5.56 Å². The van der Waals surface area contributed by atoms with Gasteiger partial charge in [0, 0.05) is 12.4 Å². The van der Waals surface area contributed by atoms with Gasteiger partial charge in [-0.05, 0) is 23.7 Å². The largest absolute Gasteiger partial charge is 0.365 e. The summed E-state index contributed by atoms with van der Waals surface area (Å²) in [5, 5.41) is 3.49. The Hall–Kier alpha value is -1.91. The van der Waals surface area contributed by atoms with Crippen LogP contribution in [0.15, 0.2) is 23.0 Å². The lowest BCUT2D eigenvalue weighted by atomic mass is 10.2. The molecule has 0 bridgehead atoms. The molecule has 0 aliphatic carbocycles. The van der Waals surface area contributed by atoms with Crippen LogP contribution in [0.3, 0.4) is 0 Å². The molecule has 0 aromatic carbocycles. The fraction of sp³-hybridized carbons (Fsp3) is 0.125. The molecule has 5 heteroatoms. The van der Waals surface area contributed by atoms with E-state index in [-0.39, 0.29) is 5.95 Å². The first kappa shape index (κ1) is 7.72. The zero-order valence-corrected chi connectivity index (χ0v) is 7.06. The third-order valence-electron chi connectivity index (χ3n) is 1.56. The number of aromatic nitrogens is 3. The Morgan fingerprint density at radius 1 is 1.38 bits per heavy atom. The molecule has 2 aromatic heterocycles. The lowest BCUT2D eigenvalue weighted by molar-refractivity contribution is 0.433. The highest BCUT2D eigenvalue weighted by atomic mass is 16.5. The molecule has 0 spiro atoms. The van der Waals surface area contributed by atoms with Gasteiger partial charge in [0.15, 0.2) is 0 Å². The van der Waals surface area contributed by atoms with Gasteiger partial charge >= 0.3 is 0 Å². The Bertz CT molecular complexity index is 424. The lowest BCUT2D eigenvalue weighted by Gasteiger charge is -1.93. The van der Waals surface area contributed by atoms with Gasteiger partial charge in [0.2, 0.25) is 0 Å². The molecule has 0 atom stereocenters. The van der Waals surface area contributed by atoms with Gasteiger partial charge in [-0.1, -0.05) is 0 Å². The van der Waals surface area contributed by atoms with Gasteiger partial charge in [-0.15, -0.1) is 0 Å². The zero-order chi connectivity index (χ0) is 9.26. The number of hydrogen-bond donors (Lipinski definition) is 1. The molecule has 0 fully saturated rings. The first-order valence-electron chi connectivity index (χ1n) is 3.77. The molecule has 66 valence electrons. The van der Waals surface area contributed by atoms with Crippen LogP contribution in [0, 0.1) is 6.92 Å². The van der Waals surface area contributed by atoms with Crippen LogP contribution in [0.2, 0.25) is 0 Å². The van der Waals surface area contributed by atoms with Gasteiger partial charge in [-0.3, -0.25) is 4.98 Å². The molecule has 0 saturated carbocycles. The van der Waals surface area contributed by atoms with Crippen molar-refractivity contribution in [2.24, 2.45) is 0 Å². The van der Waals surface area contributed by atoms with Crippen LogP contribution in [0.25, 0.3) is 11.5 Å². The molecule has 0 saturated heterocycles. The summed E-state index contributed by atoms with van der Waals surface area (Å²) in [6.45, 7) is 1.94. The summed E-state index contributed by atoms with van der Waals surface area (Å²) in [4.78, 5) is 7.88. The Labute approximate surface area is 74.6 Å². The van der Waals surface area contributed by atoms with Gasteiger partial charge in [-0.25, -0.2) is 0 Å². The molecular weight excluding hydrogens is 168 g/mol. The van der Waals surface area contributed by atoms with Crippen LogP contribution < -0.4 is 5.73 Å². The van der Waals surface area contributed by atoms with Crippen LogP contribution in [-0.2, 0) is 0 Å². The average Bonchev–Trinajstić information content (AvgIpc) is 2.52. The molecule has 0 aliphatic rings. The maximum atomic E-state index is 5.32. The summed E-state index contributed by atoms with van der Waals surface area (Å²) in [5.41, 5.74) is 7.14. The molecule has 2 heterocycles. The predicted molar refractivity (Wildman–Crippen MR) is 46.7 cm³/mol. The number of hydrogen-bond acceptors (Lipinski definition) is 5. The first-order valence-corrected chi connectivity index (χ1v) is 3.77. The normalized spacial score (nSPS) is 10.2. The van der Waals surface area contributed by atoms with Crippen molar-refractivity contribution >= 4 is 5.95 Å². The van der Waals surface area contributed by atoms with E-state index >= 15 is 0 Å². The van der Waals surface area contributed by atoms with Crippen molar-refractivity contribution in [3.8, 4) is 11.5 Å². The topological polar surface area (TPSA) is 77.8 Å². The molecular formula is C8H8N4O. The van der Waals surface area contributed by atoms with E-state index in [1.54, 1.807) is 12.4 Å². The van der Waals surface area contributed by atoms with Crippen molar-refractivity contribution in [3.05, 3.63) is 24.0 Å². The summed E-state index contributed by atoms with van der Waals surface area (Å²) >= 11 is 0. The van der Waals surface area contributed by atoms with Crippen LogP contribution in [0.4, 0.5) is 5.95 Å². The van der Waals surface area contributed by atoms with E-state index in [4.69, 9.17) is 10.3 Å². The van der Waals surface area contributed by atoms with Gasteiger partial charge < -0.3 is 10.3 Å². The van der Waals surface area contributed by atoms with Gasteiger partial charge in [-0.2, -0.15) is 4.98 Å². The van der Waals surface area contributed by atoms with E-state index in [0.29, 0.717) is 5.89 Å². The Morgan fingerprint density at radius 2 is 2.23 bits per heavy atom. The minimum absolute atomic E-state index is 0.136. The third-order valence-corrected chi connectivity index (χ3v) is 1.56. The summed E-state index contributed by atoms with van der Waals surface area (Å²) in [7, 11) is 0. The quantitative estimate of drug-likeness (QED) is 0.701. The fourth-order valence-corrected chi connectivity index (χ4v) is 1.02. The monoisotopic (exact) mass is 176 g/mol. The van der Waals surface area contributed by atoms with Crippen LogP contribution in [-0.4, -0.2) is 15.1 Å². The molecule has 2 aromatic rings. The van der Waals surface area contributed by atoms with Gasteiger partial charge in [0.25, 0.3) is 11.8 Å². The van der Waals surface area contributed by atoms with E-state index in [1.165, 1.54) is 0 Å². The predicted octanol–water partition coefficient (Wildman–Crippen LogP) is 1.02. The van der Waals surface area contributed by atoms with E-state index in [1.807, 2.05) is 13.0 Å². The Balaban J connectivity index is 2.46. The van der Waals surface area contributed by atoms with Crippen LogP contribution in [0.1, 0.15) is 5.56 Å². The van der Waals surface area contributed by atoms with Gasteiger partial charge in [0.1, 0.15) is 0 Å². The van der Waals surface area contributed by atoms with E-state index in [9.17, 15) is 0 Å². The molecule has 2 rings (SSSR count). The Kier molecular flexibility index (Phi) is 1.70. The minimum atomic E-state index is 0.136. The molecule has 0 unspecified atom stereocenters. The maximum Gasteiger partial charge on any atom is 0.261 e. The number of aryl methyl sites for hydroxylation is 1. The van der Waals surface area contributed by atoms with Crippen molar-refractivity contribution in [1.82, 2.24) is 15.1 Å². The maximum absolute atomic E-state index is 5.32. The van der Waals surface area contributed by atoms with E-state index < -0.39 is 0 Å². The number of pyridine rings is 1. The average molecular weight is 176 g/mol. The van der Waals surface area contributed by atoms with Crippen molar-refractivity contribution in [2.75, 3.05) is 5.73 Å². The molecule has 0 radical (unpaired) electrons. The second-order valence-electron chi connectivity index (χ2n) is 2.71. The SMILES string of the molecule is Cc1cncc(-c2nc(N)no2)c1. The summed E-state index contributed by atoms with van der Waals surface area (Å²) in [6, 6.07) is 1.90. The molecule has 0 amide bonds. The number of anilines is 1. The standard InChI is InChI=1S/C8H8N4O/c1-5-2-6(4-10-3-5)7-11-8(9)12-13-7/h2-4H,1H3,(H2,9,12). The highest BCUT2D eigenvalue weighted by Gasteiger charge is 2.06. The highest BCUT2D eigenvalue weighted by molar-refractivity contribution is 5.52. The first-order chi connectivity index (χ1) is 6.25. The number of nitrogen functional groups attached to an aromatic ring is 1. The van der Waals surface area contributed by atoms with Crippen molar-refractivity contribution in [3.63, 3.8) is 0 Å². The van der Waals surface area contributed by atoms with E-state index in [0.717, 1.165) is 11.1 Å². The minimum Gasteiger partial charge on any atom is -0.365 e. The molecule has 5 nitrogen and oxygen atoms in total. The fourth-order valence-electron chi connectivity index (χ4n) is 1.02. The molecule has 2 N–H and O–H groups in total. The van der Waals surface area contributed by atoms with Crippen molar-refractivity contribution in [2.45, 2.75) is 6.92 Å². The number of rotatable bonds is 1. The summed E-state index contributed by atoms with van der Waals surface area (Å²) in [5.74, 6) is 0.533. The summed E-state index contributed by atoms with van der Waals surface area (Å²) in [6.07, 6.45) is 3.41. The van der Waals surface area contributed by atoms with Crippen molar-refractivity contribution in [1.29, 1.82) is 0 Å². The highest BCUT2D eigenvalue weighted by Crippen LogP contribution is 2.16. The smallest absolute Gasteiger partial charge is 0.261 e.